The van der Waals surface area contributed by atoms with Gasteiger partial charge in [-0.2, -0.15) is 0 Å². The number of aromatic nitrogens is 3. The Balaban J connectivity index is 2.16. The number of nitrogens with one attached hydrogen (secondary N) is 1. The van der Waals surface area contributed by atoms with Crippen LogP contribution >= 0.6 is 0 Å². The maximum Gasteiger partial charge on any atom is 0.329 e. The van der Waals surface area contributed by atoms with Crippen LogP contribution in [-0.2, 0) is 6.54 Å². The Morgan fingerprint density at radius 1 is 1.25 bits per heavy atom. The third kappa shape index (κ3) is 1.95. The molecule has 1 N–H and O–H groups in total. The number of nitrogens with zero attached hydrogens (tertiary/aromatic N) is 2. The van der Waals surface area contributed by atoms with Crippen LogP contribution in [-0.4, -0.2) is 14.5 Å². The first-order valence-electron chi connectivity index (χ1n) is 6.21. The lowest BCUT2D eigenvalue weighted by Gasteiger charge is -2.03. The average Bonchev–Trinajstić information content (AvgIpc) is 2.73. The van der Waals surface area contributed by atoms with Crippen molar-refractivity contribution in [2.24, 2.45) is 0 Å². The van der Waals surface area contributed by atoms with Gasteiger partial charge in [-0.25, -0.2) is 9.78 Å². The lowest BCUT2D eigenvalue weighted by atomic mass is 10.2. The van der Waals surface area contributed by atoms with E-state index in [1.807, 2.05) is 6.92 Å². The van der Waals surface area contributed by atoms with Gasteiger partial charge >= 0.3 is 5.69 Å². The molecule has 6 nitrogen and oxygen atoms in total. The van der Waals surface area contributed by atoms with Crippen molar-refractivity contribution >= 4 is 10.9 Å². The van der Waals surface area contributed by atoms with Crippen LogP contribution in [0.15, 0.2) is 38.3 Å². The number of fused-ring (bicyclic) bond motifs is 1. The largest absolute Gasteiger partial charge is 0.444 e. The minimum atomic E-state index is -0.470. The van der Waals surface area contributed by atoms with Crippen molar-refractivity contribution in [3.63, 3.8) is 0 Å². The van der Waals surface area contributed by atoms with E-state index in [1.165, 1.54) is 0 Å². The summed E-state index contributed by atoms with van der Waals surface area (Å²) in [6, 6.07) is 6.90. The van der Waals surface area contributed by atoms with Gasteiger partial charge in [0.25, 0.3) is 5.56 Å². The van der Waals surface area contributed by atoms with Gasteiger partial charge in [-0.15, -0.1) is 0 Å². The number of benzene rings is 1. The predicted octanol–water partition coefficient (Wildman–Crippen LogP) is 1.34. The van der Waals surface area contributed by atoms with Gasteiger partial charge in [-0.3, -0.25) is 9.36 Å². The number of para-hydroxylation sites is 1. The molecule has 0 amide bonds. The second-order valence-electron chi connectivity index (χ2n) is 4.62. The van der Waals surface area contributed by atoms with Crippen LogP contribution < -0.4 is 11.2 Å². The van der Waals surface area contributed by atoms with Crippen molar-refractivity contribution in [1.82, 2.24) is 14.5 Å². The van der Waals surface area contributed by atoms with Crippen LogP contribution in [0.1, 0.15) is 17.3 Å². The molecule has 102 valence electrons. The predicted molar refractivity (Wildman–Crippen MR) is 73.9 cm³/mol. The molecule has 0 atom stereocenters. The van der Waals surface area contributed by atoms with Crippen molar-refractivity contribution in [1.29, 1.82) is 0 Å². The van der Waals surface area contributed by atoms with Crippen LogP contribution in [0.4, 0.5) is 0 Å². The SMILES string of the molecule is Cc1nc(Cn2c(=O)[nH]c3ccccc3c2=O)oc1C. The Labute approximate surface area is 113 Å². The Morgan fingerprint density at radius 2 is 2.00 bits per heavy atom. The summed E-state index contributed by atoms with van der Waals surface area (Å²) in [5.41, 5.74) is 0.462. The Hall–Kier alpha value is -2.63. The maximum atomic E-state index is 12.3. The Kier molecular flexibility index (Phi) is 2.78. The summed E-state index contributed by atoms with van der Waals surface area (Å²) in [6.45, 7) is 3.63. The molecule has 2 heterocycles. The van der Waals surface area contributed by atoms with E-state index in [1.54, 1.807) is 31.2 Å². The number of oxazole rings is 1. The lowest BCUT2D eigenvalue weighted by Crippen LogP contribution is -2.35. The number of aryl methyl sites for hydroxylation is 2. The summed E-state index contributed by atoms with van der Waals surface area (Å²) in [4.78, 5) is 31.2. The summed E-state index contributed by atoms with van der Waals surface area (Å²) in [6.07, 6.45) is 0. The van der Waals surface area contributed by atoms with Crippen molar-refractivity contribution in [2.45, 2.75) is 20.4 Å². The van der Waals surface area contributed by atoms with Gasteiger partial charge in [0.05, 0.1) is 16.6 Å². The van der Waals surface area contributed by atoms with Crippen LogP contribution in [0.3, 0.4) is 0 Å². The van der Waals surface area contributed by atoms with E-state index in [0.29, 0.717) is 22.6 Å². The number of rotatable bonds is 2. The molecule has 0 saturated carbocycles. The van der Waals surface area contributed by atoms with Gasteiger partial charge in [0.1, 0.15) is 12.3 Å². The van der Waals surface area contributed by atoms with Crippen molar-refractivity contribution in [3.05, 3.63) is 62.4 Å². The highest BCUT2D eigenvalue weighted by Crippen LogP contribution is 2.09. The molecule has 2 aromatic heterocycles. The first kappa shape index (κ1) is 12.4. The first-order valence-corrected chi connectivity index (χ1v) is 6.21. The molecule has 3 aromatic rings. The molecule has 1 aromatic carbocycles. The minimum absolute atomic E-state index is 0.0215. The smallest absolute Gasteiger partial charge is 0.329 e. The number of aromatic amines is 1. The number of hydrogen-bond acceptors (Lipinski definition) is 4. The second-order valence-corrected chi connectivity index (χ2v) is 4.62. The summed E-state index contributed by atoms with van der Waals surface area (Å²) in [5.74, 6) is 1.04. The van der Waals surface area contributed by atoms with Gasteiger partial charge in [-0.05, 0) is 26.0 Å². The summed E-state index contributed by atoms with van der Waals surface area (Å²) in [7, 11) is 0. The van der Waals surface area contributed by atoms with Gasteiger partial charge in [0, 0.05) is 0 Å². The van der Waals surface area contributed by atoms with Gasteiger partial charge in [0.15, 0.2) is 0 Å². The molecule has 0 unspecified atom stereocenters. The summed E-state index contributed by atoms with van der Waals surface area (Å²) >= 11 is 0. The second kappa shape index (κ2) is 4.48. The molecule has 3 rings (SSSR count). The first-order chi connectivity index (χ1) is 9.56. The monoisotopic (exact) mass is 271 g/mol. The fourth-order valence-electron chi connectivity index (χ4n) is 2.08. The highest BCUT2D eigenvalue weighted by molar-refractivity contribution is 5.76. The molecule has 20 heavy (non-hydrogen) atoms. The van der Waals surface area contributed by atoms with Crippen LogP contribution in [0.5, 0.6) is 0 Å². The fourth-order valence-corrected chi connectivity index (χ4v) is 2.08. The molecule has 0 spiro atoms. The Morgan fingerprint density at radius 3 is 2.70 bits per heavy atom. The van der Waals surface area contributed by atoms with E-state index in [0.717, 1.165) is 10.3 Å². The van der Waals surface area contributed by atoms with E-state index >= 15 is 0 Å². The molecule has 0 saturated heterocycles. The lowest BCUT2D eigenvalue weighted by molar-refractivity contribution is 0.450. The van der Waals surface area contributed by atoms with Gasteiger partial charge < -0.3 is 9.40 Å². The topological polar surface area (TPSA) is 80.9 Å². The van der Waals surface area contributed by atoms with Crippen LogP contribution in [0.25, 0.3) is 10.9 Å². The zero-order chi connectivity index (χ0) is 14.3. The van der Waals surface area contributed by atoms with Crippen molar-refractivity contribution in [2.75, 3.05) is 0 Å². The molecule has 0 bridgehead atoms. The van der Waals surface area contributed by atoms with E-state index in [4.69, 9.17) is 4.42 Å². The Bertz CT molecular complexity index is 882. The zero-order valence-corrected chi connectivity index (χ0v) is 11.1. The van der Waals surface area contributed by atoms with E-state index < -0.39 is 5.69 Å². The summed E-state index contributed by atoms with van der Waals surface area (Å²) < 4.78 is 6.51. The quantitative estimate of drug-likeness (QED) is 0.762. The third-order valence-corrected chi connectivity index (χ3v) is 3.26. The highest BCUT2D eigenvalue weighted by atomic mass is 16.4. The molecule has 0 aliphatic heterocycles. The fraction of sp³-hybridized carbons (Fsp3) is 0.214. The average molecular weight is 271 g/mol. The third-order valence-electron chi connectivity index (χ3n) is 3.26. The maximum absolute atomic E-state index is 12.3. The van der Waals surface area contributed by atoms with Gasteiger partial charge in [0.2, 0.25) is 5.89 Å². The van der Waals surface area contributed by atoms with Crippen LogP contribution in [0.2, 0.25) is 0 Å². The van der Waals surface area contributed by atoms with Gasteiger partial charge in [-0.1, -0.05) is 12.1 Å². The normalized spacial score (nSPS) is 11.1. The molecular formula is C14H13N3O3. The molecule has 0 radical (unpaired) electrons. The van der Waals surface area contributed by atoms with E-state index in [-0.39, 0.29) is 12.1 Å². The standard InChI is InChI=1S/C14H13N3O3/c1-8-9(2)20-12(15-8)7-17-13(18)10-5-3-4-6-11(10)16-14(17)19/h3-6H,7H2,1-2H3,(H,16,19). The molecule has 0 aliphatic rings. The number of hydrogen-bond donors (Lipinski definition) is 1. The van der Waals surface area contributed by atoms with E-state index in [9.17, 15) is 9.59 Å². The number of H-pyrrole nitrogens is 1. The van der Waals surface area contributed by atoms with Crippen molar-refractivity contribution in [3.8, 4) is 0 Å². The highest BCUT2D eigenvalue weighted by Gasteiger charge is 2.11. The minimum Gasteiger partial charge on any atom is -0.444 e. The molecule has 0 fully saturated rings. The van der Waals surface area contributed by atoms with E-state index in [2.05, 4.69) is 9.97 Å². The molecule has 0 aliphatic carbocycles. The van der Waals surface area contributed by atoms with Crippen molar-refractivity contribution < 1.29 is 4.42 Å². The van der Waals surface area contributed by atoms with Crippen LogP contribution in [0, 0.1) is 13.8 Å². The molecule has 6 heteroatoms. The summed E-state index contributed by atoms with van der Waals surface area (Å²) in [5, 5.41) is 0.465. The molecular weight excluding hydrogens is 258 g/mol. The zero-order valence-electron chi connectivity index (χ0n) is 11.1.